The van der Waals surface area contributed by atoms with Gasteiger partial charge in [0.15, 0.2) is 11.0 Å². The molecule has 0 spiro atoms. The molecule has 0 fully saturated rings. The first kappa shape index (κ1) is 21.1. The Balaban J connectivity index is 1.91. The van der Waals surface area contributed by atoms with Gasteiger partial charge in [-0.05, 0) is 30.7 Å². The first-order valence-corrected chi connectivity index (χ1v) is 10.4. The molecule has 1 amide bonds. The number of rotatable bonds is 8. The number of benzene rings is 2. The summed E-state index contributed by atoms with van der Waals surface area (Å²) in [4.78, 5) is 12.5. The van der Waals surface area contributed by atoms with Crippen LogP contribution >= 0.6 is 23.4 Å². The van der Waals surface area contributed by atoms with E-state index in [2.05, 4.69) is 22.4 Å². The van der Waals surface area contributed by atoms with Gasteiger partial charge in [0.2, 0.25) is 0 Å². The highest BCUT2D eigenvalue weighted by Crippen LogP contribution is 2.29. The number of aromatic nitrogens is 3. The monoisotopic (exact) mass is 434 g/mol. The first-order valence-electron chi connectivity index (χ1n) is 8.99. The second-order valence-electron chi connectivity index (χ2n) is 6.03. The van der Waals surface area contributed by atoms with Crippen LogP contribution in [0.5, 0.6) is 5.75 Å². The fourth-order valence-electron chi connectivity index (χ4n) is 2.72. The number of hydrogen-bond acceptors (Lipinski definition) is 5. The smallest absolute Gasteiger partial charge is 0.256 e. The number of halogens is 2. The number of ether oxygens (including phenoxy) is 1. The van der Waals surface area contributed by atoms with Crippen LogP contribution < -0.4 is 10.1 Å². The van der Waals surface area contributed by atoms with Crippen LogP contribution in [0.2, 0.25) is 5.02 Å². The lowest BCUT2D eigenvalue weighted by atomic mass is 10.2. The van der Waals surface area contributed by atoms with E-state index in [-0.39, 0.29) is 17.1 Å². The van der Waals surface area contributed by atoms with Gasteiger partial charge in [-0.15, -0.1) is 10.2 Å². The Morgan fingerprint density at radius 1 is 1.24 bits per heavy atom. The molecule has 3 aromatic rings. The zero-order chi connectivity index (χ0) is 20.8. The van der Waals surface area contributed by atoms with E-state index in [0.29, 0.717) is 16.7 Å². The molecule has 1 aromatic heterocycles. The van der Waals surface area contributed by atoms with Gasteiger partial charge < -0.3 is 10.1 Å². The summed E-state index contributed by atoms with van der Waals surface area (Å²) in [5.74, 6) is 0.708. The molecule has 2 aromatic carbocycles. The third-order valence-corrected chi connectivity index (χ3v) is 5.51. The van der Waals surface area contributed by atoms with Crippen molar-refractivity contribution in [3.63, 3.8) is 0 Å². The predicted molar refractivity (Wildman–Crippen MR) is 112 cm³/mol. The number of carbonyl (C=O) groups excluding carboxylic acids is 1. The van der Waals surface area contributed by atoms with Crippen molar-refractivity contribution in [2.24, 2.45) is 0 Å². The van der Waals surface area contributed by atoms with Crippen molar-refractivity contribution in [2.45, 2.75) is 25.0 Å². The molecule has 1 N–H and O–H groups in total. The zero-order valence-corrected chi connectivity index (χ0v) is 17.6. The Hall–Kier alpha value is -2.58. The van der Waals surface area contributed by atoms with Crippen LogP contribution in [0, 0.1) is 5.82 Å². The summed E-state index contributed by atoms with van der Waals surface area (Å²) in [7, 11) is 1.59. The molecule has 9 heteroatoms. The highest BCUT2D eigenvalue weighted by atomic mass is 35.5. The highest BCUT2D eigenvalue weighted by molar-refractivity contribution is 7.99. The van der Waals surface area contributed by atoms with Crippen molar-refractivity contribution in [3.8, 4) is 11.4 Å². The Bertz CT molecular complexity index is 992. The second-order valence-corrected chi connectivity index (χ2v) is 7.50. The van der Waals surface area contributed by atoms with Gasteiger partial charge in [-0.25, -0.2) is 4.39 Å². The summed E-state index contributed by atoms with van der Waals surface area (Å²) in [6.45, 7) is 2.12. The van der Waals surface area contributed by atoms with Crippen LogP contribution in [0.4, 0.5) is 4.39 Å². The first-order chi connectivity index (χ1) is 14.1. The number of carbonyl (C=O) groups is 1. The van der Waals surface area contributed by atoms with Gasteiger partial charge in [0.05, 0.1) is 29.9 Å². The summed E-state index contributed by atoms with van der Waals surface area (Å²) in [6, 6.07) is 11.6. The number of nitrogens with zero attached hydrogens (tertiary/aromatic N) is 3. The maximum absolute atomic E-state index is 14.0. The fraction of sp³-hybridized carbons (Fsp3) is 0.250. The van der Waals surface area contributed by atoms with E-state index < -0.39 is 11.7 Å². The van der Waals surface area contributed by atoms with Crippen LogP contribution in [0.1, 0.15) is 29.5 Å². The van der Waals surface area contributed by atoms with Gasteiger partial charge in [-0.3, -0.25) is 9.36 Å². The van der Waals surface area contributed by atoms with Crippen LogP contribution in [-0.2, 0) is 6.54 Å². The lowest BCUT2D eigenvalue weighted by Crippen LogP contribution is -2.26. The van der Waals surface area contributed by atoms with E-state index >= 15 is 0 Å². The Morgan fingerprint density at radius 3 is 2.76 bits per heavy atom. The van der Waals surface area contributed by atoms with Crippen LogP contribution in [-0.4, -0.2) is 33.5 Å². The van der Waals surface area contributed by atoms with Crippen molar-refractivity contribution in [2.75, 3.05) is 12.9 Å². The van der Waals surface area contributed by atoms with Crippen molar-refractivity contribution < 1.29 is 13.9 Å². The van der Waals surface area contributed by atoms with Gasteiger partial charge in [0, 0.05) is 5.75 Å². The molecular weight excluding hydrogens is 415 g/mol. The van der Waals surface area contributed by atoms with Crippen molar-refractivity contribution >= 4 is 29.3 Å². The molecule has 1 heterocycles. The van der Waals surface area contributed by atoms with Crippen LogP contribution in [0.3, 0.4) is 0 Å². The molecule has 0 bridgehead atoms. The third kappa shape index (κ3) is 4.71. The normalized spacial score (nSPS) is 10.8. The standard InChI is InChI=1S/C20H20ClFN4O2S/c1-3-11-29-20-25-24-17(26(20)15-9-4-5-10-16(15)28-2)12-23-19(27)18-13(21)7-6-8-14(18)22/h4-10H,3,11-12H2,1-2H3,(H,23,27). The summed E-state index contributed by atoms with van der Waals surface area (Å²) in [6.07, 6.45) is 0.974. The van der Waals surface area contributed by atoms with Gasteiger partial charge in [0.25, 0.3) is 5.91 Å². The van der Waals surface area contributed by atoms with E-state index in [4.69, 9.17) is 16.3 Å². The summed E-state index contributed by atoms with van der Waals surface area (Å²) < 4.78 is 21.3. The topological polar surface area (TPSA) is 69.0 Å². The molecule has 0 aliphatic carbocycles. The van der Waals surface area contributed by atoms with Crippen molar-refractivity contribution in [1.29, 1.82) is 0 Å². The van der Waals surface area contributed by atoms with E-state index in [9.17, 15) is 9.18 Å². The number of thioether (sulfide) groups is 1. The fourth-order valence-corrected chi connectivity index (χ4v) is 3.79. The maximum Gasteiger partial charge on any atom is 0.256 e. The number of para-hydroxylation sites is 2. The molecule has 6 nitrogen and oxygen atoms in total. The lowest BCUT2D eigenvalue weighted by Gasteiger charge is -2.14. The molecule has 0 atom stereocenters. The minimum absolute atomic E-state index is 0.0429. The summed E-state index contributed by atoms with van der Waals surface area (Å²) in [5.41, 5.74) is 0.560. The predicted octanol–water partition coefficient (Wildman–Crippen LogP) is 4.50. The minimum atomic E-state index is -0.680. The molecule has 29 heavy (non-hydrogen) atoms. The number of methoxy groups -OCH3 is 1. The number of hydrogen-bond donors (Lipinski definition) is 1. The molecule has 0 radical (unpaired) electrons. The second kappa shape index (κ2) is 9.76. The van der Waals surface area contributed by atoms with Crippen molar-refractivity contribution in [3.05, 3.63) is 64.7 Å². The summed E-state index contributed by atoms with van der Waals surface area (Å²) >= 11 is 7.54. The lowest BCUT2D eigenvalue weighted by molar-refractivity contribution is 0.0946. The Labute approximate surface area is 177 Å². The van der Waals surface area contributed by atoms with Gasteiger partial charge >= 0.3 is 0 Å². The van der Waals surface area contributed by atoms with E-state index in [1.165, 1.54) is 18.2 Å². The zero-order valence-electron chi connectivity index (χ0n) is 16.0. The molecule has 0 unspecified atom stereocenters. The van der Waals surface area contributed by atoms with E-state index in [0.717, 1.165) is 17.9 Å². The molecule has 0 aliphatic rings. The van der Waals surface area contributed by atoms with Crippen molar-refractivity contribution in [1.82, 2.24) is 20.1 Å². The minimum Gasteiger partial charge on any atom is -0.495 e. The van der Waals surface area contributed by atoms with E-state index in [1.54, 1.807) is 18.9 Å². The third-order valence-electron chi connectivity index (χ3n) is 4.06. The SMILES string of the molecule is CCCSc1nnc(CNC(=O)c2c(F)cccc2Cl)n1-c1ccccc1OC. The number of amides is 1. The largest absolute Gasteiger partial charge is 0.495 e. The average molecular weight is 435 g/mol. The van der Waals surface area contributed by atoms with Gasteiger partial charge in [-0.1, -0.05) is 48.5 Å². The van der Waals surface area contributed by atoms with Crippen LogP contribution in [0.25, 0.3) is 5.69 Å². The molecule has 0 saturated heterocycles. The molecule has 152 valence electrons. The summed E-state index contributed by atoms with van der Waals surface area (Å²) in [5, 5.41) is 11.9. The van der Waals surface area contributed by atoms with E-state index in [1.807, 2.05) is 28.8 Å². The molecule has 3 rings (SSSR count). The number of nitrogens with one attached hydrogen (secondary N) is 1. The van der Waals surface area contributed by atoms with Gasteiger partial charge in [-0.2, -0.15) is 0 Å². The molecule has 0 saturated carbocycles. The average Bonchev–Trinajstić information content (AvgIpc) is 3.13. The molecular formula is C20H20ClFN4O2S. The van der Waals surface area contributed by atoms with Crippen LogP contribution in [0.15, 0.2) is 47.6 Å². The Kier molecular flexibility index (Phi) is 7.11. The molecule has 0 aliphatic heterocycles. The highest BCUT2D eigenvalue weighted by Gasteiger charge is 2.20. The quantitative estimate of drug-likeness (QED) is 0.528. The van der Waals surface area contributed by atoms with Gasteiger partial charge in [0.1, 0.15) is 11.6 Å². The Morgan fingerprint density at radius 2 is 2.03 bits per heavy atom. The maximum atomic E-state index is 14.0.